The van der Waals surface area contributed by atoms with E-state index < -0.39 is 0 Å². The van der Waals surface area contributed by atoms with Crippen LogP contribution < -0.4 is 10.2 Å². The molecule has 0 bridgehead atoms. The molecule has 1 aliphatic heterocycles. The Labute approximate surface area is 148 Å². The third-order valence-electron chi connectivity index (χ3n) is 4.38. The Morgan fingerprint density at radius 3 is 2.58 bits per heavy atom. The van der Waals surface area contributed by atoms with Crippen LogP contribution in [0, 0.1) is 6.92 Å². The molecule has 24 heavy (non-hydrogen) atoms. The fourth-order valence-electron chi connectivity index (χ4n) is 2.90. The van der Waals surface area contributed by atoms with Crippen LogP contribution in [0.25, 0.3) is 0 Å². The van der Waals surface area contributed by atoms with Crippen molar-refractivity contribution in [1.29, 1.82) is 0 Å². The molecular formula is C18H24ClN5. The highest BCUT2D eigenvalue weighted by atomic mass is 35.5. The quantitative estimate of drug-likeness (QED) is 0.901. The van der Waals surface area contributed by atoms with E-state index in [1.807, 2.05) is 31.2 Å². The van der Waals surface area contributed by atoms with Gasteiger partial charge in [-0.2, -0.15) is 4.98 Å². The van der Waals surface area contributed by atoms with Crippen molar-refractivity contribution in [3.05, 3.63) is 46.6 Å². The average Bonchev–Trinajstić information content (AvgIpc) is 2.61. The van der Waals surface area contributed by atoms with Crippen molar-refractivity contribution in [2.45, 2.75) is 20.4 Å². The number of aromatic nitrogens is 2. The lowest BCUT2D eigenvalue weighted by Gasteiger charge is -2.34. The van der Waals surface area contributed by atoms with Crippen molar-refractivity contribution in [2.24, 2.45) is 0 Å². The highest BCUT2D eigenvalue weighted by Gasteiger charge is 2.17. The van der Waals surface area contributed by atoms with Crippen molar-refractivity contribution in [1.82, 2.24) is 14.9 Å². The smallest absolute Gasteiger partial charge is 0.225 e. The number of piperazine rings is 1. The molecule has 1 fully saturated rings. The molecule has 0 saturated carbocycles. The van der Waals surface area contributed by atoms with Crippen LogP contribution in [0.15, 0.2) is 30.3 Å². The third-order valence-corrected chi connectivity index (χ3v) is 4.75. The molecule has 0 radical (unpaired) electrons. The molecule has 2 aromatic rings. The minimum absolute atomic E-state index is 0.617. The Bertz CT molecular complexity index is 683. The Morgan fingerprint density at radius 2 is 1.88 bits per heavy atom. The first-order valence-electron chi connectivity index (χ1n) is 8.46. The lowest BCUT2D eigenvalue weighted by molar-refractivity contribution is 0.270. The van der Waals surface area contributed by atoms with Gasteiger partial charge in [-0.3, -0.25) is 0 Å². The van der Waals surface area contributed by atoms with Gasteiger partial charge in [0.2, 0.25) is 5.95 Å². The molecule has 1 aromatic heterocycles. The maximum absolute atomic E-state index is 6.21. The van der Waals surface area contributed by atoms with Gasteiger partial charge in [0.25, 0.3) is 0 Å². The van der Waals surface area contributed by atoms with Crippen LogP contribution in [0.1, 0.15) is 18.2 Å². The van der Waals surface area contributed by atoms with Crippen LogP contribution in [0.5, 0.6) is 0 Å². The van der Waals surface area contributed by atoms with Gasteiger partial charge in [-0.25, -0.2) is 4.98 Å². The summed E-state index contributed by atoms with van der Waals surface area (Å²) in [7, 11) is 0. The summed E-state index contributed by atoms with van der Waals surface area (Å²) in [5.74, 6) is 1.66. The summed E-state index contributed by atoms with van der Waals surface area (Å²) >= 11 is 6.21. The fraction of sp³-hybridized carbons (Fsp3) is 0.444. The van der Waals surface area contributed by atoms with E-state index in [0.717, 1.165) is 54.8 Å². The van der Waals surface area contributed by atoms with E-state index in [1.54, 1.807) is 0 Å². The van der Waals surface area contributed by atoms with E-state index in [4.69, 9.17) is 16.6 Å². The lowest BCUT2D eigenvalue weighted by Crippen LogP contribution is -2.46. The standard InChI is InChI=1S/C18H24ClN5/c1-3-23-8-10-24(11-9-23)17-12-14(2)21-18(22-17)20-13-15-6-4-5-7-16(15)19/h4-7,12H,3,8-11,13H2,1-2H3,(H,20,21,22). The van der Waals surface area contributed by atoms with Crippen LogP contribution in [-0.2, 0) is 6.54 Å². The summed E-state index contributed by atoms with van der Waals surface area (Å²) in [6, 6.07) is 9.88. The summed E-state index contributed by atoms with van der Waals surface area (Å²) < 4.78 is 0. The van der Waals surface area contributed by atoms with Gasteiger partial charge < -0.3 is 15.1 Å². The zero-order chi connectivity index (χ0) is 16.9. The number of anilines is 2. The molecule has 0 unspecified atom stereocenters. The first kappa shape index (κ1) is 17.0. The van der Waals surface area contributed by atoms with Gasteiger partial charge in [-0.05, 0) is 25.1 Å². The topological polar surface area (TPSA) is 44.3 Å². The first-order chi connectivity index (χ1) is 11.7. The molecule has 0 aliphatic carbocycles. The zero-order valence-electron chi connectivity index (χ0n) is 14.3. The van der Waals surface area contributed by atoms with E-state index in [0.29, 0.717) is 12.5 Å². The molecule has 5 nitrogen and oxygen atoms in total. The van der Waals surface area contributed by atoms with Gasteiger partial charge in [0.1, 0.15) is 5.82 Å². The predicted molar refractivity (Wildman–Crippen MR) is 99.9 cm³/mol. The second-order valence-corrected chi connectivity index (χ2v) is 6.46. The maximum atomic E-state index is 6.21. The van der Waals surface area contributed by atoms with Crippen LogP contribution in [0.4, 0.5) is 11.8 Å². The number of likely N-dealkylation sites (N-methyl/N-ethyl adjacent to an activating group) is 1. The van der Waals surface area contributed by atoms with E-state index >= 15 is 0 Å². The van der Waals surface area contributed by atoms with Gasteiger partial charge in [0, 0.05) is 49.5 Å². The number of nitrogens with zero attached hydrogens (tertiary/aromatic N) is 4. The number of rotatable bonds is 5. The molecular weight excluding hydrogens is 322 g/mol. The van der Waals surface area contributed by atoms with E-state index in [2.05, 4.69) is 33.1 Å². The number of aryl methyl sites for hydroxylation is 1. The predicted octanol–water partition coefficient (Wildman–Crippen LogP) is 3.19. The molecule has 1 saturated heterocycles. The Hall–Kier alpha value is -1.85. The van der Waals surface area contributed by atoms with E-state index in [-0.39, 0.29) is 0 Å². The number of hydrogen-bond donors (Lipinski definition) is 1. The molecule has 1 N–H and O–H groups in total. The Balaban J connectivity index is 1.69. The van der Waals surface area contributed by atoms with Gasteiger partial charge >= 0.3 is 0 Å². The number of hydrogen-bond acceptors (Lipinski definition) is 5. The van der Waals surface area contributed by atoms with Gasteiger partial charge in [-0.15, -0.1) is 0 Å². The van der Waals surface area contributed by atoms with Crippen LogP contribution in [-0.4, -0.2) is 47.6 Å². The Morgan fingerprint density at radius 1 is 1.12 bits per heavy atom. The minimum atomic E-state index is 0.617. The average molecular weight is 346 g/mol. The molecule has 0 amide bonds. The maximum Gasteiger partial charge on any atom is 0.225 e. The summed E-state index contributed by atoms with van der Waals surface area (Å²) in [6.07, 6.45) is 0. The zero-order valence-corrected chi connectivity index (χ0v) is 15.1. The molecule has 3 rings (SSSR count). The number of nitrogens with one attached hydrogen (secondary N) is 1. The van der Waals surface area contributed by atoms with Crippen molar-refractivity contribution in [3.63, 3.8) is 0 Å². The second-order valence-electron chi connectivity index (χ2n) is 6.06. The van der Waals surface area contributed by atoms with Crippen LogP contribution >= 0.6 is 11.6 Å². The normalized spacial score (nSPS) is 15.5. The van der Waals surface area contributed by atoms with E-state index in [1.165, 1.54) is 0 Å². The summed E-state index contributed by atoms with van der Waals surface area (Å²) in [6.45, 7) is 10.1. The Kier molecular flexibility index (Phi) is 5.53. The highest BCUT2D eigenvalue weighted by Crippen LogP contribution is 2.19. The van der Waals surface area contributed by atoms with Crippen LogP contribution in [0.3, 0.4) is 0 Å². The van der Waals surface area contributed by atoms with E-state index in [9.17, 15) is 0 Å². The molecule has 128 valence electrons. The molecule has 0 spiro atoms. The van der Waals surface area contributed by atoms with Crippen molar-refractivity contribution in [3.8, 4) is 0 Å². The summed E-state index contributed by atoms with van der Waals surface area (Å²) in [5.41, 5.74) is 2.02. The monoisotopic (exact) mass is 345 g/mol. The minimum Gasteiger partial charge on any atom is -0.354 e. The van der Waals surface area contributed by atoms with Gasteiger partial charge in [0.15, 0.2) is 0 Å². The molecule has 0 atom stereocenters. The van der Waals surface area contributed by atoms with Gasteiger partial charge in [-0.1, -0.05) is 36.7 Å². The lowest BCUT2D eigenvalue weighted by atomic mass is 10.2. The number of halogens is 1. The first-order valence-corrected chi connectivity index (χ1v) is 8.84. The van der Waals surface area contributed by atoms with Crippen LogP contribution in [0.2, 0.25) is 5.02 Å². The van der Waals surface area contributed by atoms with Gasteiger partial charge in [0.05, 0.1) is 0 Å². The third kappa shape index (κ3) is 4.16. The number of benzene rings is 1. The highest BCUT2D eigenvalue weighted by molar-refractivity contribution is 6.31. The van der Waals surface area contributed by atoms with Crippen molar-refractivity contribution >= 4 is 23.4 Å². The van der Waals surface area contributed by atoms with Crippen molar-refractivity contribution < 1.29 is 0 Å². The molecule has 1 aliphatic rings. The molecule has 1 aromatic carbocycles. The fourth-order valence-corrected chi connectivity index (χ4v) is 3.10. The van der Waals surface area contributed by atoms with Crippen molar-refractivity contribution in [2.75, 3.05) is 42.9 Å². The summed E-state index contributed by atoms with van der Waals surface area (Å²) in [4.78, 5) is 14.0. The SMILES string of the molecule is CCN1CCN(c2cc(C)nc(NCc3ccccc3Cl)n2)CC1. The molecule has 2 heterocycles. The molecule has 6 heteroatoms. The second kappa shape index (κ2) is 7.81. The largest absolute Gasteiger partial charge is 0.354 e. The summed E-state index contributed by atoms with van der Waals surface area (Å²) in [5, 5.41) is 4.06.